The van der Waals surface area contributed by atoms with Crippen molar-refractivity contribution in [3.8, 4) is 11.5 Å². The van der Waals surface area contributed by atoms with Gasteiger partial charge in [-0.2, -0.15) is 0 Å². The Balaban J connectivity index is 1.78. The molecule has 7 nitrogen and oxygen atoms in total. The van der Waals surface area contributed by atoms with Gasteiger partial charge in [-0.05, 0) is 71.1 Å². The average Bonchev–Trinajstić information content (AvgIpc) is 2.73. The molecule has 1 heterocycles. The number of ether oxygens (including phenoxy) is 2. The van der Waals surface area contributed by atoms with Gasteiger partial charge in [0, 0.05) is 31.1 Å². The zero-order valence-electron chi connectivity index (χ0n) is 19.3. The summed E-state index contributed by atoms with van der Waals surface area (Å²) in [7, 11) is 0. The lowest BCUT2D eigenvalue weighted by Crippen LogP contribution is -2.36. The highest BCUT2D eigenvalue weighted by Gasteiger charge is 2.29. The Hall–Kier alpha value is -3.09. The molecular weight excluding hydrogens is 408 g/mol. The van der Waals surface area contributed by atoms with Crippen molar-refractivity contribution in [1.82, 2.24) is 0 Å². The second-order valence-electron chi connectivity index (χ2n) is 9.31. The van der Waals surface area contributed by atoms with Crippen molar-refractivity contribution in [2.24, 2.45) is 5.92 Å². The first-order valence-corrected chi connectivity index (χ1v) is 11.1. The predicted molar refractivity (Wildman–Crippen MR) is 124 cm³/mol. The number of esters is 1. The quantitative estimate of drug-likeness (QED) is 0.297. The van der Waals surface area contributed by atoms with Crippen LogP contribution >= 0.6 is 0 Å². The molecule has 172 valence electrons. The summed E-state index contributed by atoms with van der Waals surface area (Å²) in [4.78, 5) is 25.7. The van der Waals surface area contributed by atoms with Gasteiger partial charge in [0.15, 0.2) is 0 Å². The van der Waals surface area contributed by atoms with Crippen molar-refractivity contribution < 1.29 is 19.2 Å². The number of hydrogen-bond acceptors (Lipinski definition) is 6. The van der Waals surface area contributed by atoms with Gasteiger partial charge in [-0.3, -0.25) is 14.9 Å². The molecule has 0 radical (unpaired) electrons. The molecule has 2 aromatic rings. The molecule has 0 aliphatic carbocycles. The normalized spacial score (nSPS) is 16.5. The zero-order valence-corrected chi connectivity index (χ0v) is 19.3. The minimum Gasteiger partial charge on any atom is -0.460 e. The number of carbonyl (C=O) groups is 1. The Morgan fingerprint density at radius 3 is 2.56 bits per heavy atom. The van der Waals surface area contributed by atoms with Gasteiger partial charge >= 0.3 is 5.97 Å². The summed E-state index contributed by atoms with van der Waals surface area (Å²) in [6.07, 6.45) is 2.97. The van der Waals surface area contributed by atoms with Crippen LogP contribution in [0.25, 0.3) is 0 Å². The number of anilines is 1. The third kappa shape index (κ3) is 6.22. The fourth-order valence-corrected chi connectivity index (χ4v) is 4.16. The van der Waals surface area contributed by atoms with Gasteiger partial charge in [0.2, 0.25) is 0 Å². The second-order valence-corrected chi connectivity index (χ2v) is 9.31. The van der Waals surface area contributed by atoms with Gasteiger partial charge in [-0.15, -0.1) is 0 Å². The van der Waals surface area contributed by atoms with E-state index in [2.05, 4.69) is 4.90 Å². The Labute approximate surface area is 189 Å². The van der Waals surface area contributed by atoms with Gasteiger partial charge in [-0.25, -0.2) is 0 Å². The molecule has 1 aliphatic rings. The highest BCUT2D eigenvalue weighted by atomic mass is 16.6. The van der Waals surface area contributed by atoms with E-state index in [4.69, 9.17) is 9.47 Å². The summed E-state index contributed by atoms with van der Waals surface area (Å²) in [5.41, 5.74) is 0.934. The molecule has 2 aromatic carbocycles. The van der Waals surface area contributed by atoms with Crippen molar-refractivity contribution in [2.75, 3.05) is 18.0 Å². The lowest BCUT2D eigenvalue weighted by Gasteiger charge is -2.35. The average molecular weight is 441 g/mol. The molecule has 3 rings (SSSR count). The van der Waals surface area contributed by atoms with E-state index < -0.39 is 5.60 Å². The van der Waals surface area contributed by atoms with Gasteiger partial charge in [0.25, 0.3) is 5.69 Å². The van der Waals surface area contributed by atoms with E-state index in [1.54, 1.807) is 6.07 Å². The number of carbonyl (C=O) groups excluding carboxylic acids is 1. The Kier molecular flexibility index (Phi) is 7.38. The Morgan fingerprint density at radius 2 is 1.91 bits per heavy atom. The van der Waals surface area contributed by atoms with E-state index >= 15 is 0 Å². The second kappa shape index (κ2) is 10.0. The summed E-state index contributed by atoms with van der Waals surface area (Å²) in [5, 5.41) is 11.8. The van der Waals surface area contributed by atoms with Crippen LogP contribution in [-0.2, 0) is 9.53 Å². The third-order valence-electron chi connectivity index (χ3n) is 5.54. The van der Waals surface area contributed by atoms with Crippen molar-refractivity contribution in [3.05, 3.63) is 58.1 Å². The minimum atomic E-state index is -0.493. The van der Waals surface area contributed by atoms with Crippen molar-refractivity contribution in [3.63, 3.8) is 0 Å². The minimum absolute atomic E-state index is 0.0794. The largest absolute Gasteiger partial charge is 0.460 e. The molecule has 32 heavy (non-hydrogen) atoms. The molecule has 0 N–H and O–H groups in total. The molecule has 7 heteroatoms. The molecule has 0 bridgehead atoms. The molecule has 1 aliphatic heterocycles. The molecule has 1 atom stereocenters. The molecule has 0 aromatic heterocycles. The highest BCUT2D eigenvalue weighted by Crippen LogP contribution is 2.41. The molecule has 1 saturated heterocycles. The number of nitro benzene ring substituents is 1. The maximum atomic E-state index is 12.1. The van der Waals surface area contributed by atoms with E-state index in [1.807, 2.05) is 58.0 Å². The molecule has 0 saturated carbocycles. The highest BCUT2D eigenvalue weighted by molar-refractivity contribution is 5.72. The number of piperidine rings is 1. The molecule has 1 fully saturated rings. The molecule has 0 amide bonds. The van der Waals surface area contributed by atoms with Gasteiger partial charge in [0.05, 0.1) is 4.92 Å². The van der Waals surface area contributed by atoms with Crippen molar-refractivity contribution >= 4 is 17.3 Å². The summed E-state index contributed by atoms with van der Waals surface area (Å²) in [5.74, 6) is 1.36. The standard InChI is InChI=1S/C25H32N2O5/c1-18-22(31-20-10-6-5-7-11-20)14-13-21(27(29)30)24(18)26-16-8-9-19(17-26)12-15-23(28)32-25(2,3)4/h5-7,10-11,13-14,19H,8-9,12,15-17H2,1-4H3/t19-/m1/s1. The van der Waals surface area contributed by atoms with Crippen LogP contribution < -0.4 is 9.64 Å². The first-order chi connectivity index (χ1) is 15.1. The predicted octanol–water partition coefficient (Wildman–Crippen LogP) is 6.03. The van der Waals surface area contributed by atoms with Crippen LogP contribution in [0.5, 0.6) is 11.5 Å². The molecule has 0 unspecified atom stereocenters. The monoisotopic (exact) mass is 440 g/mol. The van der Waals surface area contributed by atoms with E-state index in [9.17, 15) is 14.9 Å². The van der Waals surface area contributed by atoms with Gasteiger partial charge in [-0.1, -0.05) is 18.2 Å². The zero-order chi connectivity index (χ0) is 23.3. The summed E-state index contributed by atoms with van der Waals surface area (Å²) < 4.78 is 11.4. The fraction of sp³-hybridized carbons (Fsp3) is 0.480. The Bertz CT molecular complexity index is 953. The van der Waals surface area contributed by atoms with Crippen molar-refractivity contribution in [2.45, 2.75) is 59.0 Å². The third-order valence-corrected chi connectivity index (χ3v) is 5.54. The molecule has 0 spiro atoms. The van der Waals surface area contributed by atoms with Crippen molar-refractivity contribution in [1.29, 1.82) is 0 Å². The number of nitrogens with zero attached hydrogens (tertiary/aromatic N) is 2. The van der Waals surface area contributed by atoms with E-state index in [0.717, 1.165) is 24.9 Å². The first kappa shape index (κ1) is 23.6. The molecular formula is C25H32N2O5. The summed E-state index contributed by atoms with van der Waals surface area (Å²) in [6.45, 7) is 8.85. The summed E-state index contributed by atoms with van der Waals surface area (Å²) >= 11 is 0. The maximum absolute atomic E-state index is 12.1. The number of benzene rings is 2. The summed E-state index contributed by atoms with van der Waals surface area (Å²) in [6, 6.07) is 12.6. The van der Waals surface area contributed by atoms with Crippen LogP contribution in [-0.4, -0.2) is 29.6 Å². The topological polar surface area (TPSA) is 81.9 Å². The van der Waals surface area contributed by atoms with Crippen LogP contribution in [0.1, 0.15) is 52.0 Å². The fourth-order valence-electron chi connectivity index (χ4n) is 4.16. The lowest BCUT2D eigenvalue weighted by molar-refractivity contribution is -0.384. The number of rotatable bonds is 7. The van der Waals surface area contributed by atoms with Gasteiger partial charge in [0.1, 0.15) is 22.8 Å². The van der Waals surface area contributed by atoms with Crippen LogP contribution in [0.3, 0.4) is 0 Å². The van der Waals surface area contributed by atoms with Crippen LogP contribution in [0.15, 0.2) is 42.5 Å². The van der Waals surface area contributed by atoms with Crippen LogP contribution in [0.4, 0.5) is 11.4 Å². The number of nitro groups is 1. The van der Waals surface area contributed by atoms with Gasteiger partial charge < -0.3 is 14.4 Å². The lowest BCUT2D eigenvalue weighted by atomic mass is 9.92. The maximum Gasteiger partial charge on any atom is 0.306 e. The first-order valence-electron chi connectivity index (χ1n) is 11.1. The van der Waals surface area contributed by atoms with E-state index in [-0.39, 0.29) is 22.5 Å². The number of para-hydroxylation sites is 1. The number of hydrogen-bond donors (Lipinski definition) is 0. The SMILES string of the molecule is Cc1c(Oc2ccccc2)ccc([N+](=O)[O-])c1N1CCC[C@H](CCC(=O)OC(C)(C)C)C1. The van der Waals surface area contributed by atoms with Crippen LogP contribution in [0, 0.1) is 23.0 Å². The smallest absolute Gasteiger partial charge is 0.306 e. The van der Waals surface area contributed by atoms with Crippen LogP contribution in [0.2, 0.25) is 0 Å². The Morgan fingerprint density at radius 1 is 1.19 bits per heavy atom. The van der Waals surface area contributed by atoms with E-state index in [1.165, 1.54) is 6.07 Å². The van der Waals surface area contributed by atoms with E-state index in [0.29, 0.717) is 36.6 Å².